The van der Waals surface area contributed by atoms with E-state index in [0.717, 1.165) is 6.04 Å². The Bertz CT molecular complexity index is 210. The van der Waals surface area contributed by atoms with E-state index < -0.39 is 0 Å². The first-order chi connectivity index (χ1) is 9.03. The first-order valence-electron chi connectivity index (χ1n) is 8.77. The molecule has 1 aliphatic rings. The summed E-state index contributed by atoms with van der Waals surface area (Å²) in [6.45, 7) is 12.1. The van der Waals surface area contributed by atoms with Gasteiger partial charge in [0.15, 0.2) is 0 Å². The molecule has 1 rings (SSSR count). The molecule has 19 heavy (non-hydrogen) atoms. The minimum absolute atomic E-state index is 0.513. The van der Waals surface area contributed by atoms with Gasteiger partial charge in [-0.05, 0) is 50.6 Å². The molecular formula is C18H37N. The Balaban J connectivity index is 2.28. The van der Waals surface area contributed by atoms with Gasteiger partial charge in [0.2, 0.25) is 0 Å². The lowest BCUT2D eigenvalue weighted by atomic mass is 9.89. The lowest BCUT2D eigenvalue weighted by Gasteiger charge is -2.34. The second kappa shape index (κ2) is 9.00. The maximum Gasteiger partial charge on any atom is 0.00952 e. The standard InChI is InChI=1S/C18H37N/c1-5-6-15-19(17-12-8-7-9-13-17)16-11-10-14-18(2,3)4/h17H,5-16H2,1-4H3. The quantitative estimate of drug-likeness (QED) is 0.515. The molecular weight excluding hydrogens is 230 g/mol. The van der Waals surface area contributed by atoms with Crippen LogP contribution in [-0.4, -0.2) is 24.0 Å². The van der Waals surface area contributed by atoms with E-state index in [0.29, 0.717) is 5.41 Å². The third kappa shape index (κ3) is 7.97. The molecule has 114 valence electrons. The molecule has 0 radical (unpaired) electrons. The molecule has 1 nitrogen and oxygen atoms in total. The van der Waals surface area contributed by atoms with Crippen molar-refractivity contribution in [2.24, 2.45) is 5.41 Å². The predicted molar refractivity (Wildman–Crippen MR) is 86.7 cm³/mol. The molecule has 0 amide bonds. The summed E-state index contributed by atoms with van der Waals surface area (Å²) in [6.07, 6.45) is 14.2. The average molecular weight is 268 g/mol. The second-order valence-corrected chi connectivity index (χ2v) is 7.70. The van der Waals surface area contributed by atoms with Crippen molar-refractivity contribution in [2.45, 2.75) is 97.9 Å². The lowest BCUT2D eigenvalue weighted by Crippen LogP contribution is -2.38. The smallest absolute Gasteiger partial charge is 0.00952 e. The van der Waals surface area contributed by atoms with Gasteiger partial charge in [0.25, 0.3) is 0 Å². The van der Waals surface area contributed by atoms with Gasteiger partial charge >= 0.3 is 0 Å². The van der Waals surface area contributed by atoms with Crippen LogP contribution in [0.5, 0.6) is 0 Å². The molecule has 0 saturated heterocycles. The van der Waals surface area contributed by atoms with Gasteiger partial charge in [0, 0.05) is 6.04 Å². The number of hydrogen-bond donors (Lipinski definition) is 0. The maximum absolute atomic E-state index is 2.82. The average Bonchev–Trinajstić information content (AvgIpc) is 2.38. The van der Waals surface area contributed by atoms with E-state index in [9.17, 15) is 0 Å². The fourth-order valence-electron chi connectivity index (χ4n) is 3.25. The molecule has 0 N–H and O–H groups in total. The Labute approximate surface area is 122 Å². The van der Waals surface area contributed by atoms with Crippen molar-refractivity contribution >= 4 is 0 Å². The molecule has 0 atom stereocenters. The van der Waals surface area contributed by atoms with Crippen LogP contribution in [0.2, 0.25) is 0 Å². The Kier molecular flexibility index (Phi) is 8.06. The van der Waals surface area contributed by atoms with E-state index >= 15 is 0 Å². The maximum atomic E-state index is 2.82. The van der Waals surface area contributed by atoms with Crippen LogP contribution >= 0.6 is 0 Å². The fourth-order valence-corrected chi connectivity index (χ4v) is 3.25. The predicted octanol–water partition coefficient (Wildman–Crippen LogP) is 5.64. The third-order valence-corrected chi connectivity index (χ3v) is 4.51. The first kappa shape index (κ1) is 17.0. The van der Waals surface area contributed by atoms with Crippen molar-refractivity contribution in [2.75, 3.05) is 13.1 Å². The highest BCUT2D eigenvalue weighted by molar-refractivity contribution is 4.76. The number of nitrogens with zero attached hydrogens (tertiary/aromatic N) is 1. The van der Waals surface area contributed by atoms with E-state index in [1.165, 1.54) is 77.3 Å². The molecule has 1 aliphatic carbocycles. The highest BCUT2D eigenvalue weighted by atomic mass is 15.1. The van der Waals surface area contributed by atoms with Crippen LogP contribution in [0.3, 0.4) is 0 Å². The summed E-state index contributed by atoms with van der Waals surface area (Å²) in [5.74, 6) is 0. The van der Waals surface area contributed by atoms with Crippen LogP contribution in [0.4, 0.5) is 0 Å². The minimum atomic E-state index is 0.513. The van der Waals surface area contributed by atoms with Crippen molar-refractivity contribution in [3.63, 3.8) is 0 Å². The molecule has 0 spiro atoms. The van der Waals surface area contributed by atoms with Gasteiger partial charge in [-0.3, -0.25) is 0 Å². The summed E-state index contributed by atoms with van der Waals surface area (Å²) in [5, 5.41) is 0. The first-order valence-corrected chi connectivity index (χ1v) is 8.77. The summed E-state index contributed by atoms with van der Waals surface area (Å²) in [7, 11) is 0. The van der Waals surface area contributed by atoms with Crippen LogP contribution in [0, 0.1) is 5.41 Å². The Morgan fingerprint density at radius 1 is 0.895 bits per heavy atom. The van der Waals surface area contributed by atoms with Gasteiger partial charge in [0.05, 0.1) is 0 Å². The number of unbranched alkanes of at least 4 members (excludes halogenated alkanes) is 2. The van der Waals surface area contributed by atoms with Gasteiger partial charge in [0.1, 0.15) is 0 Å². The largest absolute Gasteiger partial charge is 0.300 e. The van der Waals surface area contributed by atoms with Gasteiger partial charge in [-0.15, -0.1) is 0 Å². The molecule has 0 aliphatic heterocycles. The summed E-state index contributed by atoms with van der Waals surface area (Å²) >= 11 is 0. The molecule has 0 heterocycles. The van der Waals surface area contributed by atoms with Gasteiger partial charge < -0.3 is 4.90 Å². The molecule has 1 saturated carbocycles. The van der Waals surface area contributed by atoms with Crippen molar-refractivity contribution in [3.8, 4) is 0 Å². The van der Waals surface area contributed by atoms with Gasteiger partial charge in [-0.25, -0.2) is 0 Å². The van der Waals surface area contributed by atoms with Crippen LogP contribution in [0.1, 0.15) is 91.9 Å². The molecule has 0 aromatic carbocycles. The van der Waals surface area contributed by atoms with Crippen molar-refractivity contribution in [1.29, 1.82) is 0 Å². The molecule has 0 aromatic rings. The van der Waals surface area contributed by atoms with Crippen molar-refractivity contribution < 1.29 is 0 Å². The van der Waals surface area contributed by atoms with Crippen molar-refractivity contribution in [1.82, 2.24) is 4.90 Å². The van der Waals surface area contributed by atoms with E-state index in [-0.39, 0.29) is 0 Å². The fraction of sp³-hybridized carbons (Fsp3) is 1.00. The van der Waals surface area contributed by atoms with E-state index in [1.807, 2.05) is 0 Å². The summed E-state index contributed by atoms with van der Waals surface area (Å²) in [4.78, 5) is 2.82. The molecule has 1 fully saturated rings. The zero-order valence-corrected chi connectivity index (χ0v) is 14.0. The highest BCUT2D eigenvalue weighted by Gasteiger charge is 2.20. The van der Waals surface area contributed by atoms with Gasteiger partial charge in [-0.2, -0.15) is 0 Å². The number of rotatable bonds is 8. The Morgan fingerprint density at radius 3 is 2.11 bits per heavy atom. The topological polar surface area (TPSA) is 3.24 Å². The molecule has 1 heteroatoms. The van der Waals surface area contributed by atoms with E-state index in [1.54, 1.807) is 0 Å². The zero-order chi connectivity index (χ0) is 14.1. The lowest BCUT2D eigenvalue weighted by molar-refractivity contribution is 0.149. The Hall–Kier alpha value is -0.0400. The second-order valence-electron chi connectivity index (χ2n) is 7.70. The summed E-state index contributed by atoms with van der Waals surface area (Å²) in [5.41, 5.74) is 0.513. The monoisotopic (exact) mass is 267 g/mol. The van der Waals surface area contributed by atoms with Crippen LogP contribution in [0.15, 0.2) is 0 Å². The van der Waals surface area contributed by atoms with Crippen LogP contribution < -0.4 is 0 Å². The third-order valence-electron chi connectivity index (χ3n) is 4.51. The van der Waals surface area contributed by atoms with Crippen molar-refractivity contribution in [3.05, 3.63) is 0 Å². The molecule has 0 unspecified atom stereocenters. The molecule has 0 bridgehead atoms. The van der Waals surface area contributed by atoms with E-state index in [4.69, 9.17) is 0 Å². The highest BCUT2D eigenvalue weighted by Crippen LogP contribution is 2.25. The SMILES string of the molecule is CCCCN(CCCCC(C)(C)C)C1CCCCC1. The minimum Gasteiger partial charge on any atom is -0.300 e. The zero-order valence-electron chi connectivity index (χ0n) is 14.0. The van der Waals surface area contributed by atoms with Crippen LogP contribution in [-0.2, 0) is 0 Å². The Morgan fingerprint density at radius 2 is 1.53 bits per heavy atom. The normalized spacial score (nSPS) is 18.2. The number of hydrogen-bond acceptors (Lipinski definition) is 1. The molecule has 0 aromatic heterocycles. The van der Waals surface area contributed by atoms with Crippen LogP contribution in [0.25, 0.3) is 0 Å². The summed E-state index contributed by atoms with van der Waals surface area (Å²) < 4.78 is 0. The van der Waals surface area contributed by atoms with Gasteiger partial charge in [-0.1, -0.05) is 59.8 Å². The van der Waals surface area contributed by atoms with E-state index in [2.05, 4.69) is 32.6 Å². The summed E-state index contributed by atoms with van der Waals surface area (Å²) in [6, 6.07) is 0.912.